The Morgan fingerprint density at radius 2 is 2.35 bits per heavy atom. The molecule has 0 fully saturated rings. The van der Waals surface area contributed by atoms with E-state index in [9.17, 15) is 13.6 Å². The zero-order valence-electron chi connectivity index (χ0n) is 9.73. The number of aromatic nitrogens is 2. The molecular weight excluding hydrogens is 230 g/mol. The predicted molar refractivity (Wildman–Crippen MR) is 58.3 cm³/mol. The Morgan fingerprint density at radius 1 is 1.59 bits per heavy atom. The highest BCUT2D eigenvalue weighted by Gasteiger charge is 2.11. The fourth-order valence-corrected chi connectivity index (χ4v) is 1.42. The molecule has 17 heavy (non-hydrogen) atoms. The number of rotatable bonds is 8. The van der Waals surface area contributed by atoms with Crippen LogP contribution in [-0.4, -0.2) is 35.2 Å². The molecule has 0 N–H and O–H groups in total. The van der Waals surface area contributed by atoms with E-state index in [1.807, 2.05) is 6.92 Å². The zero-order valence-corrected chi connectivity index (χ0v) is 9.73. The minimum absolute atomic E-state index is 0.0144. The van der Waals surface area contributed by atoms with E-state index in [4.69, 9.17) is 0 Å². The molecule has 0 saturated heterocycles. The summed E-state index contributed by atoms with van der Waals surface area (Å²) in [5.74, 6) is -0.134. The highest BCUT2D eigenvalue weighted by Crippen LogP contribution is 2.05. The van der Waals surface area contributed by atoms with Crippen molar-refractivity contribution in [3.63, 3.8) is 0 Å². The maximum Gasteiger partial charge on any atom is 0.261 e. The summed E-state index contributed by atoms with van der Waals surface area (Å²) in [6.07, 6.45) is 0.0465. The molecule has 0 aliphatic heterocycles. The molecule has 6 heteroatoms. The summed E-state index contributed by atoms with van der Waals surface area (Å²) in [7, 11) is 0. The second kappa shape index (κ2) is 7.11. The normalized spacial score (nSPS) is 11.1. The lowest BCUT2D eigenvalue weighted by atomic mass is 10.2. The van der Waals surface area contributed by atoms with E-state index in [2.05, 4.69) is 9.84 Å². The molecule has 0 aliphatic rings. The maximum absolute atomic E-state index is 11.8. The van der Waals surface area contributed by atoms with Crippen molar-refractivity contribution in [3.8, 4) is 0 Å². The Bertz CT molecular complexity index is 353. The standard InChI is InChI=1S/C11H16F2N2O2/c1-2-6-15-9(3-5-14-15)10(16)4-7-17-8-11(12)13/h3,5,11H,2,4,6-8H2,1H3. The number of hydrogen-bond donors (Lipinski definition) is 0. The molecule has 96 valence electrons. The molecule has 0 amide bonds. The monoisotopic (exact) mass is 246 g/mol. The van der Waals surface area contributed by atoms with Crippen LogP contribution in [0.1, 0.15) is 30.3 Å². The van der Waals surface area contributed by atoms with Crippen molar-refractivity contribution in [1.29, 1.82) is 0 Å². The van der Waals surface area contributed by atoms with E-state index in [1.165, 1.54) is 0 Å². The van der Waals surface area contributed by atoms with Crippen LogP contribution in [0.2, 0.25) is 0 Å². The predicted octanol–water partition coefficient (Wildman–Crippen LogP) is 2.15. The first-order chi connectivity index (χ1) is 8.15. The summed E-state index contributed by atoms with van der Waals surface area (Å²) in [5, 5.41) is 4.02. The van der Waals surface area contributed by atoms with Gasteiger partial charge in [0.2, 0.25) is 0 Å². The average molecular weight is 246 g/mol. The van der Waals surface area contributed by atoms with Crippen molar-refractivity contribution in [2.24, 2.45) is 0 Å². The minimum atomic E-state index is -2.49. The smallest absolute Gasteiger partial charge is 0.261 e. The number of carbonyl (C=O) groups excluding carboxylic acids is 1. The number of Topliss-reactive ketones (excluding diaryl/α,β-unsaturated/α-hetero) is 1. The molecule has 4 nitrogen and oxygen atoms in total. The van der Waals surface area contributed by atoms with Crippen molar-refractivity contribution in [2.75, 3.05) is 13.2 Å². The number of halogens is 2. The van der Waals surface area contributed by atoms with Crippen LogP contribution >= 0.6 is 0 Å². The van der Waals surface area contributed by atoms with Crippen LogP contribution in [0, 0.1) is 0 Å². The van der Waals surface area contributed by atoms with E-state index in [0.29, 0.717) is 12.2 Å². The number of alkyl halides is 2. The van der Waals surface area contributed by atoms with E-state index >= 15 is 0 Å². The van der Waals surface area contributed by atoms with Gasteiger partial charge in [-0.2, -0.15) is 5.10 Å². The molecular formula is C11H16F2N2O2. The van der Waals surface area contributed by atoms with Crippen LogP contribution in [-0.2, 0) is 11.3 Å². The number of ether oxygens (including phenoxy) is 1. The van der Waals surface area contributed by atoms with Crippen LogP contribution in [0.5, 0.6) is 0 Å². The van der Waals surface area contributed by atoms with Crippen LogP contribution in [0.25, 0.3) is 0 Å². The number of hydrogen-bond acceptors (Lipinski definition) is 3. The number of carbonyl (C=O) groups is 1. The van der Waals surface area contributed by atoms with Gasteiger partial charge in [-0.15, -0.1) is 0 Å². The third-order valence-electron chi connectivity index (χ3n) is 2.15. The van der Waals surface area contributed by atoms with Gasteiger partial charge in [0.05, 0.1) is 6.61 Å². The summed E-state index contributed by atoms with van der Waals surface area (Å²) >= 11 is 0. The Kier molecular flexibility index (Phi) is 5.76. The quantitative estimate of drug-likeness (QED) is 0.521. The summed E-state index contributed by atoms with van der Waals surface area (Å²) in [4.78, 5) is 11.7. The molecule has 0 spiro atoms. The SMILES string of the molecule is CCCn1nccc1C(=O)CCOCC(F)F. The Labute approximate surface area is 98.6 Å². The van der Waals surface area contributed by atoms with E-state index in [-0.39, 0.29) is 18.8 Å². The molecule has 1 rings (SSSR count). The lowest BCUT2D eigenvalue weighted by molar-refractivity contribution is 0.0169. The van der Waals surface area contributed by atoms with Crippen LogP contribution in [0.4, 0.5) is 8.78 Å². The number of nitrogens with zero attached hydrogens (tertiary/aromatic N) is 2. The lowest BCUT2D eigenvalue weighted by Crippen LogP contribution is -2.13. The van der Waals surface area contributed by atoms with Gasteiger partial charge >= 0.3 is 0 Å². The summed E-state index contributed by atoms with van der Waals surface area (Å²) in [6.45, 7) is 2.05. The van der Waals surface area contributed by atoms with Gasteiger partial charge < -0.3 is 4.74 Å². The molecule has 1 aromatic heterocycles. The molecule has 0 aliphatic carbocycles. The molecule has 0 atom stereocenters. The van der Waals surface area contributed by atoms with E-state index in [1.54, 1.807) is 16.9 Å². The second-order valence-corrected chi connectivity index (χ2v) is 3.58. The first-order valence-electron chi connectivity index (χ1n) is 5.56. The van der Waals surface area contributed by atoms with Crippen molar-refractivity contribution in [1.82, 2.24) is 9.78 Å². The third kappa shape index (κ3) is 4.60. The lowest BCUT2D eigenvalue weighted by Gasteiger charge is -2.05. The van der Waals surface area contributed by atoms with Crippen molar-refractivity contribution in [2.45, 2.75) is 32.7 Å². The maximum atomic E-state index is 11.8. The van der Waals surface area contributed by atoms with Crippen LogP contribution in [0.15, 0.2) is 12.3 Å². The summed E-state index contributed by atoms with van der Waals surface area (Å²) < 4.78 is 29.8. The minimum Gasteiger partial charge on any atom is -0.375 e. The van der Waals surface area contributed by atoms with E-state index in [0.717, 1.165) is 6.42 Å². The van der Waals surface area contributed by atoms with Gasteiger partial charge in [-0.1, -0.05) is 6.92 Å². The Hall–Kier alpha value is -1.30. The van der Waals surface area contributed by atoms with Crippen molar-refractivity contribution < 1.29 is 18.3 Å². The van der Waals surface area contributed by atoms with Crippen molar-refractivity contribution in [3.05, 3.63) is 18.0 Å². The average Bonchev–Trinajstić information content (AvgIpc) is 2.72. The molecule has 1 aromatic rings. The fourth-order valence-electron chi connectivity index (χ4n) is 1.42. The number of aryl methyl sites for hydroxylation is 1. The summed E-state index contributed by atoms with van der Waals surface area (Å²) in [6, 6.07) is 1.63. The summed E-state index contributed by atoms with van der Waals surface area (Å²) in [5.41, 5.74) is 0.507. The van der Waals surface area contributed by atoms with Gasteiger partial charge in [0.25, 0.3) is 6.43 Å². The molecule has 0 radical (unpaired) electrons. The first kappa shape index (κ1) is 13.8. The third-order valence-corrected chi connectivity index (χ3v) is 2.15. The van der Waals surface area contributed by atoms with Crippen LogP contribution in [0.3, 0.4) is 0 Å². The molecule has 0 aromatic carbocycles. The van der Waals surface area contributed by atoms with Gasteiger partial charge in [0.1, 0.15) is 12.3 Å². The topological polar surface area (TPSA) is 44.1 Å². The Balaban J connectivity index is 2.38. The Morgan fingerprint density at radius 3 is 3.00 bits per heavy atom. The fraction of sp³-hybridized carbons (Fsp3) is 0.636. The highest BCUT2D eigenvalue weighted by molar-refractivity contribution is 5.94. The van der Waals surface area contributed by atoms with Crippen LogP contribution < -0.4 is 0 Å². The molecule has 0 bridgehead atoms. The largest absolute Gasteiger partial charge is 0.375 e. The molecule has 0 saturated carbocycles. The number of ketones is 1. The van der Waals surface area contributed by atoms with Gasteiger partial charge in [0, 0.05) is 19.2 Å². The molecule has 0 unspecified atom stereocenters. The van der Waals surface area contributed by atoms with Gasteiger partial charge in [-0.05, 0) is 12.5 Å². The van der Waals surface area contributed by atoms with Gasteiger partial charge in [-0.3, -0.25) is 9.48 Å². The van der Waals surface area contributed by atoms with E-state index < -0.39 is 13.0 Å². The van der Waals surface area contributed by atoms with Gasteiger partial charge in [-0.25, -0.2) is 8.78 Å². The zero-order chi connectivity index (χ0) is 12.7. The second-order valence-electron chi connectivity index (χ2n) is 3.58. The van der Waals surface area contributed by atoms with Gasteiger partial charge in [0.15, 0.2) is 5.78 Å². The first-order valence-corrected chi connectivity index (χ1v) is 5.56. The highest BCUT2D eigenvalue weighted by atomic mass is 19.3. The molecule has 1 heterocycles. The van der Waals surface area contributed by atoms with Crippen molar-refractivity contribution >= 4 is 5.78 Å².